The summed E-state index contributed by atoms with van der Waals surface area (Å²) in [6.45, 7) is 5.36. The van der Waals surface area contributed by atoms with Crippen LogP contribution in [0.25, 0.3) is 0 Å². The maximum atomic E-state index is 12.2. The molecule has 0 radical (unpaired) electrons. The molecule has 3 unspecified atom stereocenters. The van der Waals surface area contributed by atoms with Crippen LogP contribution in [-0.2, 0) is 0 Å². The van der Waals surface area contributed by atoms with Crippen molar-refractivity contribution in [2.24, 2.45) is 5.92 Å². The molecule has 106 valence electrons. The molecule has 2 rings (SSSR count). The predicted octanol–water partition coefficient (Wildman–Crippen LogP) is 2.99. The lowest BCUT2D eigenvalue weighted by atomic mass is 9.89. The van der Waals surface area contributed by atoms with Gasteiger partial charge in [0.05, 0.1) is 0 Å². The van der Waals surface area contributed by atoms with E-state index in [0.717, 1.165) is 17.4 Å². The van der Waals surface area contributed by atoms with Crippen LogP contribution < -0.4 is 10.6 Å². The molecule has 1 heterocycles. The van der Waals surface area contributed by atoms with Crippen LogP contribution in [0.5, 0.6) is 0 Å². The van der Waals surface area contributed by atoms with Gasteiger partial charge in [0.2, 0.25) is 0 Å². The number of halogens is 2. The number of rotatable bonds is 2. The first-order valence-corrected chi connectivity index (χ1v) is 7.17. The Kier molecular flexibility index (Phi) is 6.30. The third-order valence-electron chi connectivity index (χ3n) is 3.62. The molecule has 1 aromatic rings. The first-order chi connectivity index (χ1) is 8.58. The van der Waals surface area contributed by atoms with E-state index in [2.05, 4.69) is 40.4 Å². The molecule has 3 atom stereocenters. The zero-order valence-electron chi connectivity index (χ0n) is 11.2. The van der Waals surface area contributed by atoms with Gasteiger partial charge in [0.1, 0.15) is 0 Å². The Balaban J connectivity index is 0.00000180. The van der Waals surface area contributed by atoms with Gasteiger partial charge in [-0.25, -0.2) is 0 Å². The Morgan fingerprint density at radius 2 is 1.95 bits per heavy atom. The van der Waals surface area contributed by atoms with Crippen molar-refractivity contribution in [1.29, 1.82) is 0 Å². The third-order valence-corrected chi connectivity index (χ3v) is 4.15. The van der Waals surface area contributed by atoms with E-state index in [1.807, 2.05) is 24.3 Å². The normalized spacial score (nSPS) is 26.4. The molecular weight excluding hydrogens is 328 g/mol. The number of carbonyl (C=O) groups excluding carboxylic acids is 1. The SMILES string of the molecule is CC1CCNC(C)C1NC(=O)c1ccc(Br)cc1.Cl. The number of nitrogens with one attached hydrogen (secondary N) is 2. The summed E-state index contributed by atoms with van der Waals surface area (Å²) in [7, 11) is 0. The van der Waals surface area contributed by atoms with Gasteiger partial charge in [-0.1, -0.05) is 22.9 Å². The number of hydrogen-bond acceptors (Lipinski definition) is 2. The summed E-state index contributed by atoms with van der Waals surface area (Å²) >= 11 is 3.37. The van der Waals surface area contributed by atoms with Crippen LogP contribution in [0.2, 0.25) is 0 Å². The van der Waals surface area contributed by atoms with E-state index in [-0.39, 0.29) is 24.4 Å². The molecule has 0 aliphatic carbocycles. The van der Waals surface area contributed by atoms with Crippen LogP contribution in [0.4, 0.5) is 0 Å². The van der Waals surface area contributed by atoms with Gasteiger partial charge in [-0.2, -0.15) is 0 Å². The van der Waals surface area contributed by atoms with Gasteiger partial charge in [-0.3, -0.25) is 4.79 Å². The monoisotopic (exact) mass is 346 g/mol. The molecule has 2 N–H and O–H groups in total. The Morgan fingerprint density at radius 1 is 1.32 bits per heavy atom. The highest BCUT2D eigenvalue weighted by molar-refractivity contribution is 9.10. The average Bonchev–Trinajstić information content (AvgIpc) is 2.34. The molecule has 0 bridgehead atoms. The fourth-order valence-corrected chi connectivity index (χ4v) is 2.71. The second-order valence-electron chi connectivity index (χ2n) is 5.01. The fourth-order valence-electron chi connectivity index (χ4n) is 2.44. The van der Waals surface area contributed by atoms with Gasteiger partial charge < -0.3 is 10.6 Å². The van der Waals surface area contributed by atoms with Crippen molar-refractivity contribution in [2.45, 2.75) is 32.4 Å². The van der Waals surface area contributed by atoms with Crippen molar-refractivity contribution in [3.8, 4) is 0 Å². The lowest BCUT2D eigenvalue weighted by Crippen LogP contribution is -2.55. The average molecular weight is 348 g/mol. The minimum atomic E-state index is 0. The van der Waals surface area contributed by atoms with Crippen molar-refractivity contribution in [3.63, 3.8) is 0 Å². The van der Waals surface area contributed by atoms with Crippen molar-refractivity contribution in [1.82, 2.24) is 10.6 Å². The van der Waals surface area contributed by atoms with Crippen molar-refractivity contribution in [3.05, 3.63) is 34.3 Å². The number of piperidine rings is 1. The maximum absolute atomic E-state index is 12.2. The smallest absolute Gasteiger partial charge is 0.251 e. The van der Waals surface area contributed by atoms with E-state index in [1.54, 1.807) is 0 Å². The molecule has 1 saturated heterocycles. The van der Waals surface area contributed by atoms with Gasteiger partial charge in [0.15, 0.2) is 0 Å². The number of carbonyl (C=O) groups is 1. The predicted molar refractivity (Wildman–Crippen MR) is 83.9 cm³/mol. The van der Waals surface area contributed by atoms with E-state index in [0.29, 0.717) is 17.5 Å². The molecule has 0 spiro atoms. The quantitative estimate of drug-likeness (QED) is 0.863. The van der Waals surface area contributed by atoms with Crippen LogP contribution in [0.1, 0.15) is 30.6 Å². The molecule has 19 heavy (non-hydrogen) atoms. The van der Waals surface area contributed by atoms with E-state index in [1.165, 1.54) is 0 Å². The molecule has 1 amide bonds. The zero-order valence-corrected chi connectivity index (χ0v) is 13.6. The van der Waals surface area contributed by atoms with Crippen LogP contribution in [0.15, 0.2) is 28.7 Å². The first-order valence-electron chi connectivity index (χ1n) is 6.37. The summed E-state index contributed by atoms with van der Waals surface area (Å²) < 4.78 is 0.986. The minimum absolute atomic E-state index is 0. The minimum Gasteiger partial charge on any atom is -0.347 e. The van der Waals surface area contributed by atoms with Gasteiger partial charge in [0.25, 0.3) is 5.91 Å². The second-order valence-corrected chi connectivity index (χ2v) is 5.93. The van der Waals surface area contributed by atoms with Crippen LogP contribution >= 0.6 is 28.3 Å². The topological polar surface area (TPSA) is 41.1 Å². The number of benzene rings is 1. The molecule has 5 heteroatoms. The highest BCUT2D eigenvalue weighted by Gasteiger charge is 2.28. The molecule has 0 aromatic heterocycles. The number of amides is 1. The lowest BCUT2D eigenvalue weighted by molar-refractivity contribution is 0.0897. The molecular formula is C14H20BrClN2O. The second kappa shape index (κ2) is 7.27. The summed E-state index contributed by atoms with van der Waals surface area (Å²) in [6.07, 6.45) is 1.11. The lowest BCUT2D eigenvalue weighted by Gasteiger charge is -2.36. The van der Waals surface area contributed by atoms with Crippen molar-refractivity contribution < 1.29 is 4.79 Å². The molecule has 1 aromatic carbocycles. The summed E-state index contributed by atoms with van der Waals surface area (Å²) in [5.74, 6) is 0.524. The molecule has 1 fully saturated rings. The summed E-state index contributed by atoms with van der Waals surface area (Å²) in [4.78, 5) is 12.2. The molecule has 1 aliphatic rings. The first kappa shape index (κ1) is 16.5. The number of hydrogen-bond donors (Lipinski definition) is 2. The molecule has 3 nitrogen and oxygen atoms in total. The highest BCUT2D eigenvalue weighted by Crippen LogP contribution is 2.17. The molecule has 0 saturated carbocycles. The maximum Gasteiger partial charge on any atom is 0.251 e. The van der Waals surface area contributed by atoms with Crippen LogP contribution in [-0.4, -0.2) is 24.5 Å². The zero-order chi connectivity index (χ0) is 13.1. The van der Waals surface area contributed by atoms with E-state index in [4.69, 9.17) is 0 Å². The Hall–Kier alpha value is -0.580. The van der Waals surface area contributed by atoms with E-state index < -0.39 is 0 Å². The summed E-state index contributed by atoms with van der Waals surface area (Å²) in [6, 6.07) is 7.99. The summed E-state index contributed by atoms with van der Waals surface area (Å²) in [5, 5.41) is 6.54. The standard InChI is InChI=1S/C14H19BrN2O.ClH/c1-9-7-8-16-10(2)13(9)17-14(18)11-3-5-12(15)6-4-11;/h3-6,9-10,13,16H,7-8H2,1-2H3,(H,17,18);1H. The Morgan fingerprint density at radius 3 is 2.53 bits per heavy atom. The van der Waals surface area contributed by atoms with Crippen LogP contribution in [0.3, 0.4) is 0 Å². The highest BCUT2D eigenvalue weighted by atomic mass is 79.9. The van der Waals surface area contributed by atoms with Gasteiger partial charge in [-0.05, 0) is 50.1 Å². The largest absolute Gasteiger partial charge is 0.347 e. The fraction of sp³-hybridized carbons (Fsp3) is 0.500. The van der Waals surface area contributed by atoms with Gasteiger partial charge in [-0.15, -0.1) is 12.4 Å². The van der Waals surface area contributed by atoms with Gasteiger partial charge >= 0.3 is 0 Å². The van der Waals surface area contributed by atoms with Gasteiger partial charge in [0, 0.05) is 22.1 Å². The van der Waals surface area contributed by atoms with E-state index in [9.17, 15) is 4.79 Å². The van der Waals surface area contributed by atoms with Crippen molar-refractivity contribution >= 4 is 34.2 Å². The van der Waals surface area contributed by atoms with Crippen LogP contribution in [0, 0.1) is 5.92 Å². The van der Waals surface area contributed by atoms with E-state index >= 15 is 0 Å². The Labute approximate surface area is 129 Å². The van der Waals surface area contributed by atoms with Crippen molar-refractivity contribution in [2.75, 3.05) is 6.54 Å². The third kappa shape index (κ3) is 4.20. The summed E-state index contributed by atoms with van der Waals surface area (Å²) in [5.41, 5.74) is 0.711. The molecule has 1 aliphatic heterocycles. The Bertz CT molecular complexity index is 414.